The van der Waals surface area contributed by atoms with Gasteiger partial charge in [-0.3, -0.25) is 0 Å². The molecular weight excluding hydrogens is 468 g/mol. The third-order valence-corrected chi connectivity index (χ3v) is 5.85. The van der Waals surface area contributed by atoms with E-state index in [0.717, 1.165) is 11.1 Å². The van der Waals surface area contributed by atoms with Crippen molar-refractivity contribution < 1.29 is 19.4 Å². The number of hydrogen-bond donors (Lipinski definition) is 1. The number of aromatic nitrogens is 2. The van der Waals surface area contributed by atoms with E-state index in [9.17, 15) is 9.90 Å². The molecule has 190 valence electrons. The average molecular weight is 499 g/mol. The number of methoxy groups -OCH3 is 1. The average Bonchev–Trinajstić information content (AvgIpc) is 2.94. The molecule has 3 aromatic carbocycles. The Hall–Kier alpha value is -4.43. The molecule has 8 nitrogen and oxygen atoms in total. The van der Waals surface area contributed by atoms with Crippen LogP contribution < -0.4 is 14.4 Å². The first-order valence-corrected chi connectivity index (χ1v) is 11.9. The van der Waals surface area contributed by atoms with Crippen molar-refractivity contribution >= 4 is 12.0 Å². The third-order valence-electron chi connectivity index (χ3n) is 5.85. The number of likely N-dealkylation sites (N-methyl/N-ethyl adjacent to an activating group) is 1. The maximum absolute atomic E-state index is 12.9. The van der Waals surface area contributed by atoms with E-state index in [-0.39, 0.29) is 12.3 Å². The molecule has 4 aromatic rings. The zero-order valence-electron chi connectivity index (χ0n) is 21.1. The molecule has 1 unspecified atom stereocenters. The molecule has 0 aliphatic carbocycles. The highest BCUT2D eigenvalue weighted by Gasteiger charge is 2.21. The van der Waals surface area contributed by atoms with Crippen LogP contribution in [0.3, 0.4) is 0 Å². The normalized spacial score (nSPS) is 11.5. The van der Waals surface area contributed by atoms with E-state index < -0.39 is 12.2 Å². The fourth-order valence-electron chi connectivity index (χ4n) is 3.79. The fraction of sp³-hybridized carbons (Fsp3) is 0.207. The van der Waals surface area contributed by atoms with Crippen molar-refractivity contribution in [3.63, 3.8) is 0 Å². The lowest BCUT2D eigenvalue weighted by molar-refractivity contribution is 0.112. The number of benzene rings is 3. The monoisotopic (exact) mass is 498 g/mol. The van der Waals surface area contributed by atoms with Crippen LogP contribution in [-0.2, 0) is 6.54 Å². The molecule has 8 heteroatoms. The second kappa shape index (κ2) is 12.0. The van der Waals surface area contributed by atoms with Gasteiger partial charge in [0.2, 0.25) is 5.95 Å². The molecule has 0 bridgehead atoms. The summed E-state index contributed by atoms with van der Waals surface area (Å²) in [6.07, 6.45) is -0.00121. The molecule has 0 aliphatic rings. The van der Waals surface area contributed by atoms with Crippen LogP contribution >= 0.6 is 0 Å². The number of hydrogen-bond acceptors (Lipinski definition) is 7. The van der Waals surface area contributed by atoms with E-state index in [1.807, 2.05) is 72.6 Å². The molecule has 0 saturated heterocycles. The number of rotatable bonds is 9. The zero-order chi connectivity index (χ0) is 26.2. The van der Waals surface area contributed by atoms with Crippen LogP contribution in [-0.4, -0.2) is 53.8 Å². The molecule has 4 rings (SSSR count). The largest absolute Gasteiger partial charge is 0.497 e. The maximum Gasteiger partial charge on any atom is 0.415 e. The predicted octanol–water partition coefficient (Wildman–Crippen LogP) is 4.95. The second-order valence-corrected chi connectivity index (χ2v) is 8.63. The van der Waals surface area contributed by atoms with Gasteiger partial charge in [0.25, 0.3) is 0 Å². The smallest absolute Gasteiger partial charge is 0.415 e. The lowest BCUT2D eigenvalue weighted by Crippen LogP contribution is -2.33. The molecule has 1 atom stereocenters. The van der Waals surface area contributed by atoms with Gasteiger partial charge in [0.05, 0.1) is 26.0 Å². The van der Waals surface area contributed by atoms with Crippen molar-refractivity contribution in [1.82, 2.24) is 14.9 Å². The summed E-state index contributed by atoms with van der Waals surface area (Å²) in [5.41, 5.74) is 3.09. The Morgan fingerprint density at radius 2 is 1.59 bits per heavy atom. The summed E-state index contributed by atoms with van der Waals surface area (Å²) < 4.78 is 10.9. The first kappa shape index (κ1) is 25.7. The summed E-state index contributed by atoms with van der Waals surface area (Å²) in [6.45, 7) is 0.671. The molecule has 0 spiro atoms. The number of ether oxygens (including phenoxy) is 2. The summed E-state index contributed by atoms with van der Waals surface area (Å²) in [5, 5.41) is 10.6. The minimum absolute atomic E-state index is 0.0462. The highest BCUT2D eigenvalue weighted by atomic mass is 16.6. The van der Waals surface area contributed by atoms with Gasteiger partial charge in [0.15, 0.2) is 5.75 Å². The quantitative estimate of drug-likeness (QED) is 0.349. The van der Waals surface area contributed by atoms with Crippen LogP contribution in [0.5, 0.6) is 11.5 Å². The molecule has 1 amide bonds. The van der Waals surface area contributed by atoms with Crippen molar-refractivity contribution in [1.29, 1.82) is 0 Å². The summed E-state index contributed by atoms with van der Waals surface area (Å²) >= 11 is 0. The van der Waals surface area contributed by atoms with Gasteiger partial charge in [0.1, 0.15) is 11.4 Å². The highest BCUT2D eigenvalue weighted by Crippen LogP contribution is 2.30. The summed E-state index contributed by atoms with van der Waals surface area (Å²) in [5.74, 6) is 1.43. The van der Waals surface area contributed by atoms with Crippen LogP contribution in [0.1, 0.15) is 17.2 Å². The van der Waals surface area contributed by atoms with Crippen molar-refractivity contribution in [2.24, 2.45) is 0 Å². The predicted molar refractivity (Wildman–Crippen MR) is 143 cm³/mol. The topological polar surface area (TPSA) is 88.0 Å². The summed E-state index contributed by atoms with van der Waals surface area (Å²) in [4.78, 5) is 25.4. The second-order valence-electron chi connectivity index (χ2n) is 8.63. The van der Waals surface area contributed by atoms with Crippen molar-refractivity contribution in [2.75, 3.05) is 32.6 Å². The number of carbonyl (C=O) groups excluding carboxylic acids is 1. The van der Waals surface area contributed by atoms with E-state index in [1.54, 1.807) is 38.4 Å². The first-order valence-electron chi connectivity index (χ1n) is 11.9. The first-order chi connectivity index (χ1) is 17.9. The Balaban J connectivity index is 1.51. The molecule has 0 aliphatic heterocycles. The highest BCUT2D eigenvalue weighted by molar-refractivity contribution is 5.75. The lowest BCUT2D eigenvalue weighted by atomic mass is 10.1. The molecule has 37 heavy (non-hydrogen) atoms. The van der Waals surface area contributed by atoms with Crippen molar-refractivity contribution in [2.45, 2.75) is 12.6 Å². The molecule has 1 heterocycles. The number of carbonyl (C=O) groups is 1. The standard InChI is InChI=1S/C29H30N4O4/c1-32(19-21-10-6-4-7-11-21)28-30-18-26(27(31-28)23-12-8-5-9-13-23)37-29(35)33(2)20-25(34)22-14-16-24(36-3)17-15-22/h4-18,25,34H,19-20H2,1-3H3. The van der Waals surface area contributed by atoms with Crippen LogP contribution in [0.15, 0.2) is 91.1 Å². The fourth-order valence-corrected chi connectivity index (χ4v) is 3.79. The number of aliphatic hydroxyl groups excluding tert-OH is 1. The molecule has 0 radical (unpaired) electrons. The molecule has 0 fully saturated rings. The van der Waals surface area contributed by atoms with Crippen molar-refractivity contribution in [3.05, 3.63) is 102 Å². The Kier molecular flexibility index (Phi) is 8.33. The minimum atomic E-state index is -0.887. The maximum atomic E-state index is 12.9. The van der Waals surface area contributed by atoms with Crippen LogP contribution in [0.25, 0.3) is 11.3 Å². The van der Waals surface area contributed by atoms with Gasteiger partial charge in [0, 0.05) is 26.2 Å². The Morgan fingerprint density at radius 3 is 2.24 bits per heavy atom. The van der Waals surface area contributed by atoms with Gasteiger partial charge in [-0.1, -0.05) is 72.8 Å². The summed E-state index contributed by atoms with van der Waals surface area (Å²) in [7, 11) is 5.06. The number of amides is 1. The summed E-state index contributed by atoms with van der Waals surface area (Å²) in [6, 6.07) is 26.6. The van der Waals surface area contributed by atoms with E-state index in [0.29, 0.717) is 29.5 Å². The Bertz CT molecular complexity index is 1300. The van der Waals surface area contributed by atoms with Crippen LogP contribution in [0, 0.1) is 0 Å². The van der Waals surface area contributed by atoms with E-state index in [1.165, 1.54) is 11.1 Å². The van der Waals surface area contributed by atoms with Gasteiger partial charge in [-0.25, -0.2) is 14.8 Å². The molecule has 1 aromatic heterocycles. The van der Waals surface area contributed by atoms with Gasteiger partial charge in [-0.05, 0) is 23.3 Å². The van der Waals surface area contributed by atoms with Gasteiger partial charge < -0.3 is 24.4 Å². The zero-order valence-corrected chi connectivity index (χ0v) is 21.1. The van der Waals surface area contributed by atoms with Crippen molar-refractivity contribution in [3.8, 4) is 22.8 Å². The SMILES string of the molecule is COc1ccc(C(O)CN(C)C(=O)Oc2cnc(N(C)Cc3ccccc3)nc2-c2ccccc2)cc1. The number of anilines is 1. The van der Waals surface area contributed by atoms with E-state index in [2.05, 4.69) is 4.98 Å². The van der Waals surface area contributed by atoms with Gasteiger partial charge in [-0.2, -0.15) is 0 Å². The number of nitrogens with zero attached hydrogens (tertiary/aromatic N) is 4. The number of aliphatic hydroxyl groups is 1. The van der Waals surface area contributed by atoms with E-state index >= 15 is 0 Å². The minimum Gasteiger partial charge on any atom is -0.497 e. The van der Waals surface area contributed by atoms with Crippen LogP contribution in [0.4, 0.5) is 10.7 Å². The Labute approximate surface area is 216 Å². The van der Waals surface area contributed by atoms with Gasteiger partial charge >= 0.3 is 6.09 Å². The molecule has 1 N–H and O–H groups in total. The van der Waals surface area contributed by atoms with Crippen LogP contribution in [0.2, 0.25) is 0 Å². The van der Waals surface area contributed by atoms with E-state index in [4.69, 9.17) is 14.5 Å². The molecular formula is C29H30N4O4. The molecule has 0 saturated carbocycles. The van der Waals surface area contributed by atoms with Gasteiger partial charge in [-0.15, -0.1) is 0 Å². The third kappa shape index (κ3) is 6.62. The Morgan fingerprint density at radius 1 is 0.946 bits per heavy atom. The lowest BCUT2D eigenvalue weighted by Gasteiger charge is -2.22.